The van der Waals surface area contributed by atoms with Crippen LogP contribution in [0.25, 0.3) is 0 Å². The first-order valence-electron chi connectivity index (χ1n) is 6.81. The molecule has 2 rings (SSSR count). The van der Waals surface area contributed by atoms with Crippen molar-refractivity contribution in [2.45, 2.75) is 20.5 Å². The van der Waals surface area contributed by atoms with Crippen LogP contribution in [0.5, 0.6) is 11.8 Å². The highest BCUT2D eigenvalue weighted by molar-refractivity contribution is 6.30. The largest absolute Gasteiger partial charge is 0.476 e. The van der Waals surface area contributed by atoms with E-state index >= 15 is 0 Å². The molecule has 0 aliphatic carbocycles. The highest BCUT2D eigenvalue weighted by Crippen LogP contribution is 2.23. The Labute approximate surface area is 129 Å². The summed E-state index contributed by atoms with van der Waals surface area (Å²) in [5.74, 6) is 1.31. The number of ether oxygens (including phenoxy) is 2. The van der Waals surface area contributed by atoms with Crippen molar-refractivity contribution in [1.82, 2.24) is 4.98 Å². The van der Waals surface area contributed by atoms with Gasteiger partial charge in [0.05, 0.1) is 12.3 Å². The number of hydrogen-bond acceptors (Lipinski definition) is 4. The Kier molecular flexibility index (Phi) is 5.28. The molecule has 1 heterocycles. The number of aromatic nitrogens is 1. The molecule has 112 valence electrons. The van der Waals surface area contributed by atoms with Crippen LogP contribution in [0, 0.1) is 5.92 Å². The molecule has 5 heteroatoms. The lowest BCUT2D eigenvalue weighted by molar-refractivity contribution is 0.250. The van der Waals surface area contributed by atoms with Crippen LogP contribution in [0.3, 0.4) is 0 Å². The summed E-state index contributed by atoms with van der Waals surface area (Å²) in [6.07, 6.45) is 0. The minimum absolute atomic E-state index is 0.407. The van der Waals surface area contributed by atoms with E-state index in [-0.39, 0.29) is 0 Å². The van der Waals surface area contributed by atoms with Crippen molar-refractivity contribution in [2.24, 2.45) is 5.92 Å². The van der Waals surface area contributed by atoms with Crippen LogP contribution in [0.1, 0.15) is 19.4 Å². The lowest BCUT2D eigenvalue weighted by Crippen LogP contribution is -2.08. The van der Waals surface area contributed by atoms with Crippen LogP contribution in [0.15, 0.2) is 36.4 Å². The van der Waals surface area contributed by atoms with E-state index in [1.54, 1.807) is 12.1 Å². The van der Waals surface area contributed by atoms with Crippen LogP contribution in [0.2, 0.25) is 5.02 Å². The van der Waals surface area contributed by atoms with Gasteiger partial charge in [0.1, 0.15) is 6.61 Å². The van der Waals surface area contributed by atoms with Crippen molar-refractivity contribution < 1.29 is 9.47 Å². The van der Waals surface area contributed by atoms with E-state index in [1.807, 2.05) is 24.3 Å². The molecule has 0 saturated carbocycles. The molecule has 0 spiro atoms. The normalized spacial score (nSPS) is 10.7. The molecule has 0 aliphatic rings. The predicted molar refractivity (Wildman–Crippen MR) is 84.8 cm³/mol. The molecule has 0 saturated heterocycles. The molecule has 0 aliphatic heterocycles. The number of halogens is 1. The van der Waals surface area contributed by atoms with Crippen LogP contribution in [-0.4, -0.2) is 11.6 Å². The highest BCUT2D eigenvalue weighted by Gasteiger charge is 2.07. The van der Waals surface area contributed by atoms with E-state index in [9.17, 15) is 0 Å². The number of hydrogen-bond donors (Lipinski definition) is 1. The second kappa shape index (κ2) is 7.18. The first-order chi connectivity index (χ1) is 10.0. The molecule has 0 bridgehead atoms. The lowest BCUT2D eigenvalue weighted by atomic mass is 10.2. The van der Waals surface area contributed by atoms with Crippen LogP contribution < -0.4 is 15.2 Å². The SMILES string of the molecule is CC(C)COc1nc(OCc2ccc(Cl)cc2)ccc1N. The van der Waals surface area contributed by atoms with Crippen molar-refractivity contribution in [2.75, 3.05) is 12.3 Å². The Balaban J connectivity index is 1.99. The third kappa shape index (κ3) is 4.83. The van der Waals surface area contributed by atoms with E-state index in [4.69, 9.17) is 26.8 Å². The zero-order valence-corrected chi connectivity index (χ0v) is 12.9. The highest BCUT2D eigenvalue weighted by atomic mass is 35.5. The zero-order valence-electron chi connectivity index (χ0n) is 12.2. The van der Waals surface area contributed by atoms with Gasteiger partial charge in [0.2, 0.25) is 11.8 Å². The van der Waals surface area contributed by atoms with Crippen LogP contribution in [0.4, 0.5) is 5.69 Å². The second-order valence-corrected chi connectivity index (χ2v) is 5.60. The number of benzene rings is 1. The Hall–Kier alpha value is -1.94. The number of rotatable bonds is 6. The van der Waals surface area contributed by atoms with Gasteiger partial charge in [0.15, 0.2) is 0 Å². The summed E-state index contributed by atoms with van der Waals surface area (Å²) in [4.78, 5) is 4.28. The van der Waals surface area contributed by atoms with Gasteiger partial charge in [-0.2, -0.15) is 4.98 Å². The molecule has 0 atom stereocenters. The molecular formula is C16H19ClN2O2. The maximum atomic E-state index is 5.84. The predicted octanol–water partition coefficient (Wildman–Crippen LogP) is 3.93. The van der Waals surface area contributed by atoms with Crippen LogP contribution in [-0.2, 0) is 6.61 Å². The van der Waals surface area contributed by atoms with Crippen LogP contribution >= 0.6 is 11.6 Å². The van der Waals surface area contributed by atoms with Gasteiger partial charge in [-0.25, -0.2) is 0 Å². The lowest BCUT2D eigenvalue weighted by Gasteiger charge is -2.12. The van der Waals surface area contributed by atoms with Gasteiger partial charge in [-0.1, -0.05) is 37.6 Å². The van der Waals surface area contributed by atoms with Crippen molar-refractivity contribution in [1.29, 1.82) is 0 Å². The van der Waals surface area contributed by atoms with E-state index in [2.05, 4.69) is 18.8 Å². The summed E-state index contributed by atoms with van der Waals surface area (Å²) in [5.41, 5.74) is 7.37. The molecule has 4 nitrogen and oxygen atoms in total. The minimum Gasteiger partial charge on any atom is -0.476 e. The maximum Gasteiger partial charge on any atom is 0.240 e. The average molecular weight is 307 g/mol. The molecule has 0 amide bonds. The summed E-state index contributed by atoms with van der Waals surface area (Å²) in [6, 6.07) is 10.9. The average Bonchev–Trinajstić information content (AvgIpc) is 2.46. The first-order valence-corrected chi connectivity index (χ1v) is 7.19. The van der Waals surface area contributed by atoms with Gasteiger partial charge in [-0.15, -0.1) is 0 Å². The molecular weight excluding hydrogens is 288 g/mol. The maximum absolute atomic E-state index is 5.84. The standard InChI is InChI=1S/C16H19ClN2O2/c1-11(2)9-21-16-14(18)7-8-15(19-16)20-10-12-3-5-13(17)6-4-12/h3-8,11H,9-10,18H2,1-2H3. The molecule has 1 aromatic heterocycles. The topological polar surface area (TPSA) is 57.4 Å². The smallest absolute Gasteiger partial charge is 0.240 e. The summed E-state index contributed by atoms with van der Waals surface area (Å²) in [5, 5.41) is 0.703. The summed E-state index contributed by atoms with van der Waals surface area (Å²) in [6.45, 7) is 5.11. The zero-order chi connectivity index (χ0) is 15.2. The molecule has 0 fully saturated rings. The Morgan fingerprint density at radius 3 is 2.48 bits per heavy atom. The van der Waals surface area contributed by atoms with Crippen molar-refractivity contribution in [3.63, 3.8) is 0 Å². The summed E-state index contributed by atoms with van der Waals surface area (Å²) < 4.78 is 11.2. The third-order valence-electron chi connectivity index (χ3n) is 2.72. The van der Waals surface area contributed by atoms with E-state index in [1.165, 1.54) is 0 Å². The molecule has 21 heavy (non-hydrogen) atoms. The molecule has 0 radical (unpaired) electrons. The Morgan fingerprint density at radius 2 is 1.81 bits per heavy atom. The van der Waals surface area contributed by atoms with E-state index < -0.39 is 0 Å². The van der Waals surface area contributed by atoms with E-state index in [0.29, 0.717) is 41.6 Å². The molecule has 2 aromatic rings. The number of nitrogens with zero attached hydrogens (tertiary/aromatic N) is 1. The number of anilines is 1. The number of nitrogen functional groups attached to an aromatic ring is 1. The summed E-state index contributed by atoms with van der Waals surface area (Å²) in [7, 11) is 0. The first kappa shape index (κ1) is 15.4. The van der Waals surface area contributed by atoms with Gasteiger partial charge >= 0.3 is 0 Å². The van der Waals surface area contributed by atoms with Crippen molar-refractivity contribution >= 4 is 17.3 Å². The molecule has 0 unspecified atom stereocenters. The Morgan fingerprint density at radius 1 is 1.10 bits per heavy atom. The quantitative estimate of drug-likeness (QED) is 0.878. The fourth-order valence-corrected chi connectivity index (χ4v) is 1.74. The van der Waals surface area contributed by atoms with Crippen molar-refractivity contribution in [3.05, 3.63) is 47.0 Å². The van der Waals surface area contributed by atoms with Gasteiger partial charge in [-0.3, -0.25) is 0 Å². The Bertz CT molecular complexity index is 585. The van der Waals surface area contributed by atoms with Gasteiger partial charge in [0, 0.05) is 11.1 Å². The molecule has 2 N–H and O–H groups in total. The van der Waals surface area contributed by atoms with Crippen molar-refractivity contribution in [3.8, 4) is 11.8 Å². The van der Waals surface area contributed by atoms with E-state index in [0.717, 1.165) is 5.56 Å². The third-order valence-corrected chi connectivity index (χ3v) is 2.97. The van der Waals surface area contributed by atoms with Gasteiger partial charge in [0.25, 0.3) is 0 Å². The summed E-state index contributed by atoms with van der Waals surface area (Å²) >= 11 is 5.84. The monoisotopic (exact) mass is 306 g/mol. The fraction of sp³-hybridized carbons (Fsp3) is 0.312. The number of nitrogens with two attached hydrogens (primary N) is 1. The van der Waals surface area contributed by atoms with Gasteiger partial charge < -0.3 is 15.2 Å². The minimum atomic E-state index is 0.407. The molecule has 1 aromatic carbocycles. The second-order valence-electron chi connectivity index (χ2n) is 5.16. The fourth-order valence-electron chi connectivity index (χ4n) is 1.61. The van der Waals surface area contributed by atoms with Gasteiger partial charge in [-0.05, 0) is 29.7 Å². The number of pyridine rings is 1.